The van der Waals surface area contributed by atoms with Gasteiger partial charge in [-0.05, 0) is 75.5 Å². The smallest absolute Gasteiger partial charge is 0.161 e. The van der Waals surface area contributed by atoms with Crippen LogP contribution in [0, 0.1) is 10.8 Å². The quantitative estimate of drug-likeness (QED) is 0.103. The van der Waals surface area contributed by atoms with Gasteiger partial charge >= 0.3 is 0 Å². The number of carbonyl (C=O) groups is 1. The van der Waals surface area contributed by atoms with E-state index in [0.717, 1.165) is 22.3 Å². The van der Waals surface area contributed by atoms with Crippen molar-refractivity contribution in [1.29, 1.82) is 0 Å². The number of aliphatic hydroxyl groups is 3. The first kappa shape index (κ1) is 35.7. The zero-order valence-electron chi connectivity index (χ0n) is 28.3. The van der Waals surface area contributed by atoms with Crippen LogP contribution in [0.15, 0.2) is 100 Å². The van der Waals surface area contributed by atoms with Crippen LogP contribution in [0.1, 0.15) is 94.4 Å². The van der Waals surface area contributed by atoms with Gasteiger partial charge in [-0.1, -0.05) is 99.6 Å². The third kappa shape index (κ3) is 8.68. The molecule has 0 spiro atoms. The summed E-state index contributed by atoms with van der Waals surface area (Å²) in [6.07, 6.45) is 22.8. The van der Waals surface area contributed by atoms with Gasteiger partial charge in [-0.15, -0.1) is 5.73 Å². The van der Waals surface area contributed by atoms with Gasteiger partial charge in [0, 0.05) is 24.8 Å². The summed E-state index contributed by atoms with van der Waals surface area (Å²) in [5, 5.41) is 30.6. The van der Waals surface area contributed by atoms with E-state index in [4.69, 9.17) is 4.74 Å². The molecule has 1 heterocycles. The number of hydrogen-bond acceptors (Lipinski definition) is 5. The molecule has 240 valence electrons. The van der Waals surface area contributed by atoms with Crippen molar-refractivity contribution in [2.75, 3.05) is 0 Å². The van der Waals surface area contributed by atoms with Crippen molar-refractivity contribution in [3.63, 3.8) is 0 Å². The van der Waals surface area contributed by atoms with Crippen molar-refractivity contribution < 1.29 is 24.9 Å². The Morgan fingerprint density at radius 1 is 0.795 bits per heavy atom. The summed E-state index contributed by atoms with van der Waals surface area (Å²) in [6.45, 7) is 18.2. The average Bonchev–Trinajstić information content (AvgIpc) is 3.49. The van der Waals surface area contributed by atoms with Gasteiger partial charge in [-0.2, -0.15) is 0 Å². The summed E-state index contributed by atoms with van der Waals surface area (Å²) in [4.78, 5) is 13.1. The van der Waals surface area contributed by atoms with Crippen LogP contribution in [0.25, 0.3) is 0 Å². The third-order valence-electron chi connectivity index (χ3n) is 9.54. The lowest BCUT2D eigenvalue weighted by Crippen LogP contribution is -2.48. The molecule has 0 amide bonds. The number of carbonyl (C=O) groups excluding carboxylic acids is 1. The van der Waals surface area contributed by atoms with Crippen molar-refractivity contribution in [2.45, 2.75) is 124 Å². The van der Waals surface area contributed by atoms with Crippen LogP contribution in [0.4, 0.5) is 0 Å². The number of ketones is 1. The fraction of sp³-hybridized carbons (Fsp3) is 0.538. The lowest BCUT2D eigenvalue weighted by molar-refractivity contribution is -0.118. The maximum Gasteiger partial charge on any atom is 0.161 e. The Morgan fingerprint density at radius 3 is 1.93 bits per heavy atom. The number of rotatable bonds is 10. The van der Waals surface area contributed by atoms with Crippen LogP contribution in [-0.4, -0.2) is 50.6 Å². The molecule has 3 fully saturated rings. The fourth-order valence-corrected chi connectivity index (χ4v) is 6.98. The maximum absolute atomic E-state index is 13.1. The van der Waals surface area contributed by atoms with Crippen molar-refractivity contribution in [3.05, 3.63) is 100 Å². The summed E-state index contributed by atoms with van der Waals surface area (Å²) in [5.74, 6) is 0.0869. The zero-order chi connectivity index (χ0) is 32.9. The Balaban J connectivity index is 1.51. The zero-order valence-corrected chi connectivity index (χ0v) is 28.3. The van der Waals surface area contributed by atoms with E-state index in [1.54, 1.807) is 0 Å². The van der Waals surface area contributed by atoms with E-state index in [2.05, 4.69) is 19.6 Å². The van der Waals surface area contributed by atoms with E-state index in [1.165, 1.54) is 0 Å². The Morgan fingerprint density at radius 2 is 1.36 bits per heavy atom. The predicted molar refractivity (Wildman–Crippen MR) is 180 cm³/mol. The highest BCUT2D eigenvalue weighted by Crippen LogP contribution is 2.67. The summed E-state index contributed by atoms with van der Waals surface area (Å²) in [7, 11) is 0. The second-order valence-electron chi connectivity index (χ2n) is 14.6. The summed E-state index contributed by atoms with van der Waals surface area (Å²) >= 11 is 0. The summed E-state index contributed by atoms with van der Waals surface area (Å²) in [6, 6.07) is 0. The summed E-state index contributed by atoms with van der Waals surface area (Å²) in [5.41, 5.74) is 6.58. The van der Waals surface area contributed by atoms with Crippen LogP contribution >= 0.6 is 0 Å². The molecule has 1 aliphatic heterocycles. The van der Waals surface area contributed by atoms with E-state index in [1.807, 2.05) is 115 Å². The lowest BCUT2D eigenvalue weighted by atomic mass is 9.61. The maximum atomic E-state index is 13.1. The van der Waals surface area contributed by atoms with Crippen molar-refractivity contribution >= 4 is 5.78 Å². The van der Waals surface area contributed by atoms with Gasteiger partial charge in [0.2, 0.25) is 0 Å². The number of aliphatic hydroxyl groups excluding tert-OH is 3. The molecule has 0 radical (unpaired) electrons. The van der Waals surface area contributed by atoms with E-state index in [0.29, 0.717) is 37.7 Å². The number of Topliss-reactive ketones (excluding diaryl/α,β-unsaturated/α-hetero) is 1. The van der Waals surface area contributed by atoms with Crippen LogP contribution < -0.4 is 0 Å². The number of allylic oxidation sites excluding steroid dienone is 14. The second-order valence-corrected chi connectivity index (χ2v) is 14.6. The molecule has 0 aromatic carbocycles. The Bertz CT molecular complexity index is 1370. The molecular weight excluding hydrogens is 548 g/mol. The molecule has 2 aliphatic carbocycles. The highest BCUT2D eigenvalue weighted by atomic mass is 16.6. The van der Waals surface area contributed by atoms with Gasteiger partial charge in [-0.3, -0.25) is 4.79 Å². The van der Waals surface area contributed by atoms with Crippen LogP contribution in [-0.2, 0) is 9.53 Å². The lowest BCUT2D eigenvalue weighted by Gasteiger charge is -2.40. The molecule has 0 aromatic rings. The largest absolute Gasteiger partial charge is 0.393 e. The monoisotopic (exact) mass is 602 g/mol. The minimum absolute atomic E-state index is 0.0869. The number of fused-ring (bicyclic) bond motifs is 1. The first-order valence-corrected chi connectivity index (χ1v) is 15.9. The van der Waals surface area contributed by atoms with Crippen LogP contribution in [0.5, 0.6) is 0 Å². The highest BCUT2D eigenvalue weighted by molar-refractivity contribution is 5.96. The van der Waals surface area contributed by atoms with Crippen molar-refractivity contribution in [1.82, 2.24) is 0 Å². The average molecular weight is 603 g/mol. The molecule has 3 N–H and O–H groups in total. The second kappa shape index (κ2) is 14.1. The van der Waals surface area contributed by atoms with E-state index >= 15 is 0 Å². The molecule has 3 rings (SSSR count). The first-order valence-electron chi connectivity index (χ1n) is 15.9. The molecular formula is C39H54O5. The Kier molecular flexibility index (Phi) is 11.4. The normalized spacial score (nSPS) is 32.7. The van der Waals surface area contributed by atoms with E-state index < -0.39 is 23.4 Å². The van der Waals surface area contributed by atoms with E-state index in [9.17, 15) is 20.1 Å². The molecule has 44 heavy (non-hydrogen) atoms. The Hall–Kier alpha value is -2.79. The van der Waals surface area contributed by atoms with Crippen molar-refractivity contribution in [2.24, 2.45) is 10.8 Å². The molecule has 5 heteroatoms. The first-order chi connectivity index (χ1) is 20.4. The number of hydrogen-bond donors (Lipinski definition) is 3. The van der Waals surface area contributed by atoms with Gasteiger partial charge in [0.1, 0.15) is 5.60 Å². The van der Waals surface area contributed by atoms with Crippen LogP contribution in [0.2, 0.25) is 0 Å². The molecule has 2 saturated carbocycles. The predicted octanol–water partition coefficient (Wildman–Crippen LogP) is 7.73. The number of epoxide rings is 1. The SMILES string of the molecule is CC(C=C=C1C(O)CC(O)CC1(C)C)=CC=CC(C)=C/C=C/C=C(C)/C=C/C=C(\C)C(=O)CC12OC1(C)CC(O)CC2(C)C. The van der Waals surface area contributed by atoms with Gasteiger partial charge in [0.25, 0.3) is 0 Å². The third-order valence-corrected chi connectivity index (χ3v) is 9.54. The number of ether oxygens (including phenoxy) is 1. The fourth-order valence-electron chi connectivity index (χ4n) is 6.98. The highest BCUT2D eigenvalue weighted by Gasteiger charge is 2.76. The minimum atomic E-state index is -0.658. The molecule has 5 unspecified atom stereocenters. The van der Waals surface area contributed by atoms with E-state index in [-0.39, 0.29) is 22.7 Å². The molecule has 0 aromatic heterocycles. The molecule has 5 atom stereocenters. The van der Waals surface area contributed by atoms with Gasteiger partial charge in [0.15, 0.2) is 5.78 Å². The molecule has 3 aliphatic rings. The topological polar surface area (TPSA) is 90.3 Å². The Labute approximate surface area is 265 Å². The van der Waals surface area contributed by atoms with Gasteiger partial charge < -0.3 is 20.1 Å². The minimum Gasteiger partial charge on any atom is -0.393 e. The molecule has 5 nitrogen and oxygen atoms in total. The standard InChI is InChI=1S/C39H54O5/c1-27(16-12-17-29(3)20-21-33-34(42)22-31(40)23-36(33,5)6)14-10-11-15-28(2)18-13-19-30(4)35(43)26-39-37(7,8)24-32(41)25-38(39,9)44-39/h10-20,31-32,34,40-42H,22-26H2,1-9H3/b11-10+,16-12?,18-13+,27-14?,28-15+,29-17?,30-19+. The van der Waals surface area contributed by atoms with Gasteiger partial charge in [0.05, 0.1) is 23.9 Å². The van der Waals surface area contributed by atoms with Gasteiger partial charge in [-0.25, -0.2) is 0 Å². The van der Waals surface area contributed by atoms with Crippen molar-refractivity contribution in [3.8, 4) is 0 Å². The molecule has 0 bridgehead atoms. The van der Waals surface area contributed by atoms with Crippen LogP contribution in [0.3, 0.4) is 0 Å². The molecule has 1 saturated heterocycles. The summed E-state index contributed by atoms with van der Waals surface area (Å²) < 4.78 is 6.18.